The number of nitrogens with zero attached hydrogens (tertiary/aromatic N) is 4. The van der Waals surface area contributed by atoms with Crippen LogP contribution in [0.5, 0.6) is 11.5 Å². The predicted molar refractivity (Wildman–Crippen MR) is 160 cm³/mol. The Bertz CT molecular complexity index is 1520. The molecule has 5 rings (SSSR count). The fourth-order valence-electron chi connectivity index (χ4n) is 5.14. The van der Waals surface area contributed by atoms with E-state index in [4.69, 9.17) is 16.3 Å². The van der Waals surface area contributed by atoms with Crippen molar-refractivity contribution in [2.24, 2.45) is 5.92 Å². The van der Waals surface area contributed by atoms with Crippen LogP contribution in [0.1, 0.15) is 43.2 Å². The van der Waals surface area contributed by atoms with E-state index in [1.54, 1.807) is 24.7 Å². The Balaban J connectivity index is 1.29. The van der Waals surface area contributed by atoms with Crippen LogP contribution in [0.15, 0.2) is 66.6 Å². The lowest BCUT2D eigenvalue weighted by atomic mass is 9.92. The number of fused-ring (bicyclic) bond motifs is 1. The number of aromatic amines is 1. The Morgan fingerprint density at radius 2 is 1.82 bits per heavy atom. The van der Waals surface area contributed by atoms with Gasteiger partial charge in [0.15, 0.2) is 11.4 Å². The molecule has 1 aliphatic rings. The van der Waals surface area contributed by atoms with Crippen LogP contribution in [0.25, 0.3) is 16.6 Å². The summed E-state index contributed by atoms with van der Waals surface area (Å²) in [4.78, 5) is 28.2. The number of aromatic nitrogens is 3. The molecule has 1 aromatic carbocycles. The van der Waals surface area contributed by atoms with Crippen molar-refractivity contribution in [2.75, 3.05) is 37.6 Å². The van der Waals surface area contributed by atoms with Crippen LogP contribution < -0.4 is 9.64 Å². The van der Waals surface area contributed by atoms with Gasteiger partial charge in [0.2, 0.25) is 0 Å². The number of H-pyrrole nitrogens is 1. The number of benzene rings is 1. The van der Waals surface area contributed by atoms with Crippen LogP contribution in [-0.4, -0.2) is 63.7 Å². The molecule has 0 amide bonds. The van der Waals surface area contributed by atoms with Crippen LogP contribution in [-0.2, 0) is 0 Å². The lowest BCUT2D eigenvalue weighted by Crippen LogP contribution is -2.47. The summed E-state index contributed by atoms with van der Waals surface area (Å²) < 4.78 is 5.99. The fourth-order valence-corrected chi connectivity index (χ4v) is 5.27. The van der Waals surface area contributed by atoms with Gasteiger partial charge in [0.25, 0.3) is 0 Å². The number of halogens is 1. The molecule has 1 fully saturated rings. The molecule has 4 aromatic rings. The van der Waals surface area contributed by atoms with Crippen molar-refractivity contribution >= 4 is 39.9 Å². The molecule has 1 saturated heterocycles. The average molecular weight is 560 g/mol. The molecule has 0 atom stereocenters. The molecule has 8 nitrogen and oxygen atoms in total. The van der Waals surface area contributed by atoms with Crippen LogP contribution in [0.4, 0.5) is 5.69 Å². The van der Waals surface area contributed by atoms with Crippen molar-refractivity contribution in [2.45, 2.75) is 27.2 Å². The van der Waals surface area contributed by atoms with Gasteiger partial charge in [-0.15, -0.1) is 0 Å². The van der Waals surface area contributed by atoms with E-state index >= 15 is 0 Å². The highest BCUT2D eigenvalue weighted by Crippen LogP contribution is 2.31. The highest BCUT2D eigenvalue weighted by atomic mass is 35.5. The minimum atomic E-state index is -1.14. The number of hydrogen-bond acceptors (Lipinski definition) is 6. The molecule has 208 valence electrons. The van der Waals surface area contributed by atoms with Crippen molar-refractivity contribution < 1.29 is 14.6 Å². The summed E-state index contributed by atoms with van der Waals surface area (Å²) in [5.41, 5.74) is 5.45. The second-order valence-electron chi connectivity index (χ2n) is 10.7. The molecular weight excluding hydrogens is 526 g/mol. The van der Waals surface area contributed by atoms with Gasteiger partial charge in [0.05, 0.1) is 18.1 Å². The molecule has 0 unspecified atom stereocenters. The highest BCUT2D eigenvalue weighted by molar-refractivity contribution is 6.30. The quantitative estimate of drug-likeness (QED) is 0.234. The third-order valence-electron chi connectivity index (χ3n) is 7.16. The number of nitrogens with one attached hydrogen (secondary N) is 1. The number of carbonyl (C=O) groups is 1. The summed E-state index contributed by atoms with van der Waals surface area (Å²) in [7, 11) is 0. The van der Waals surface area contributed by atoms with E-state index in [1.807, 2.05) is 24.3 Å². The maximum Gasteiger partial charge on any atom is 0.358 e. The average Bonchev–Trinajstić information content (AvgIpc) is 3.40. The zero-order valence-corrected chi connectivity index (χ0v) is 23.8. The number of aromatic carboxylic acids is 1. The lowest BCUT2D eigenvalue weighted by Gasteiger charge is -2.36. The number of carboxylic acids is 1. The zero-order chi connectivity index (χ0) is 28.2. The third-order valence-corrected chi connectivity index (χ3v) is 7.41. The molecule has 0 aliphatic carbocycles. The minimum absolute atomic E-state index is 0.128. The summed E-state index contributed by atoms with van der Waals surface area (Å²) in [6, 6.07) is 13.6. The van der Waals surface area contributed by atoms with Crippen molar-refractivity contribution in [1.29, 1.82) is 0 Å². The second kappa shape index (κ2) is 12.1. The summed E-state index contributed by atoms with van der Waals surface area (Å²) in [6.07, 6.45) is 6.01. The Kier molecular flexibility index (Phi) is 8.38. The molecule has 3 aromatic heterocycles. The largest absolute Gasteiger partial charge is 0.476 e. The van der Waals surface area contributed by atoms with Crippen molar-refractivity contribution in [3.8, 4) is 11.5 Å². The minimum Gasteiger partial charge on any atom is -0.476 e. The number of pyridine rings is 2. The van der Waals surface area contributed by atoms with Crippen molar-refractivity contribution in [3.63, 3.8) is 0 Å². The standard InChI is InChI=1S/C31H34ClN5O3/c1-20(2)14-27(22-4-6-24(32)7-5-22)21(3)19-36-10-12-37(13-11-36)25-16-28(29(31(38)39)34-17-25)40-26-15-23-8-9-33-30(23)35-18-26/h4-9,15-18,20H,10-14,19H2,1-3H3,(H,33,35)(H,38,39). The maximum atomic E-state index is 11.9. The van der Waals surface area contributed by atoms with Crippen molar-refractivity contribution in [3.05, 3.63) is 82.9 Å². The third kappa shape index (κ3) is 6.46. The van der Waals surface area contributed by atoms with Gasteiger partial charge in [-0.05, 0) is 54.7 Å². The number of carboxylic acid groups (broad SMARTS) is 1. The smallest absolute Gasteiger partial charge is 0.358 e. The molecule has 4 heterocycles. The van der Waals surface area contributed by atoms with Crippen LogP contribution in [0, 0.1) is 5.92 Å². The van der Waals surface area contributed by atoms with Gasteiger partial charge in [-0.1, -0.05) is 43.2 Å². The van der Waals surface area contributed by atoms with Crippen molar-refractivity contribution in [1.82, 2.24) is 19.9 Å². The summed E-state index contributed by atoms with van der Waals surface area (Å²) in [5, 5.41) is 11.3. The summed E-state index contributed by atoms with van der Waals surface area (Å²) in [6.45, 7) is 11.0. The highest BCUT2D eigenvalue weighted by Gasteiger charge is 2.22. The monoisotopic (exact) mass is 559 g/mol. The van der Waals surface area contributed by atoms with Crippen LogP contribution in [0.3, 0.4) is 0 Å². The van der Waals surface area contributed by atoms with E-state index in [2.05, 4.69) is 57.7 Å². The van der Waals surface area contributed by atoms with E-state index in [9.17, 15) is 9.90 Å². The molecule has 0 radical (unpaired) electrons. The van der Waals surface area contributed by atoms with Gasteiger partial charge in [0.1, 0.15) is 11.4 Å². The Hall–Kier alpha value is -3.88. The first-order valence-electron chi connectivity index (χ1n) is 13.5. The Labute approximate surface area is 239 Å². The van der Waals surface area contributed by atoms with Gasteiger partial charge in [-0.3, -0.25) is 4.90 Å². The lowest BCUT2D eigenvalue weighted by molar-refractivity contribution is 0.0687. The normalized spacial score (nSPS) is 15.0. The first-order valence-corrected chi connectivity index (χ1v) is 13.9. The molecule has 2 N–H and O–H groups in total. The van der Waals surface area contributed by atoms with E-state index in [1.165, 1.54) is 16.7 Å². The molecule has 0 saturated carbocycles. The van der Waals surface area contributed by atoms with Gasteiger partial charge >= 0.3 is 5.97 Å². The fraction of sp³-hybridized carbons (Fsp3) is 0.323. The molecule has 0 bridgehead atoms. The van der Waals surface area contributed by atoms with E-state index in [0.29, 0.717) is 11.7 Å². The van der Waals surface area contributed by atoms with Gasteiger partial charge < -0.3 is 19.7 Å². The summed E-state index contributed by atoms with van der Waals surface area (Å²) >= 11 is 6.14. The zero-order valence-electron chi connectivity index (χ0n) is 23.0. The SMILES string of the molecule is CC(CN1CCN(c2cnc(C(=O)O)c(Oc3cnc4[nH]ccc4c3)c2)CC1)=C(CC(C)C)c1ccc(Cl)cc1. The molecular formula is C31H34ClN5O3. The van der Waals surface area contributed by atoms with Gasteiger partial charge in [-0.25, -0.2) is 14.8 Å². The Morgan fingerprint density at radius 3 is 2.52 bits per heavy atom. The number of piperazine rings is 1. The first-order chi connectivity index (χ1) is 19.3. The van der Waals surface area contributed by atoms with Crippen LogP contribution in [0.2, 0.25) is 5.02 Å². The van der Waals surface area contributed by atoms with E-state index in [-0.39, 0.29) is 11.4 Å². The topological polar surface area (TPSA) is 94.6 Å². The molecule has 40 heavy (non-hydrogen) atoms. The van der Waals surface area contributed by atoms with Gasteiger partial charge in [0, 0.05) is 55.4 Å². The Morgan fingerprint density at radius 1 is 1.07 bits per heavy atom. The second-order valence-corrected chi connectivity index (χ2v) is 11.1. The number of anilines is 1. The number of allylic oxidation sites excluding steroid dienone is 1. The molecule has 9 heteroatoms. The number of hydrogen-bond donors (Lipinski definition) is 2. The molecule has 0 spiro atoms. The summed E-state index contributed by atoms with van der Waals surface area (Å²) in [5.74, 6) is 0.0702. The predicted octanol–water partition coefficient (Wildman–Crippen LogP) is 6.74. The van der Waals surface area contributed by atoms with Crippen LogP contribution >= 0.6 is 11.6 Å². The molecule has 1 aliphatic heterocycles. The van der Waals surface area contributed by atoms with E-state index < -0.39 is 5.97 Å². The van der Waals surface area contributed by atoms with E-state index in [0.717, 1.165) is 60.9 Å². The first kappa shape index (κ1) is 27.7. The number of ether oxygens (including phenoxy) is 1. The maximum absolute atomic E-state index is 11.9. The number of rotatable bonds is 9. The van der Waals surface area contributed by atoms with Gasteiger partial charge in [-0.2, -0.15) is 0 Å².